The molecule has 0 aliphatic rings. The number of carbonyl (C=O) groups excluding carboxylic acids is 4. The highest BCUT2D eigenvalue weighted by Crippen LogP contribution is 2.32. The molecule has 1 aromatic carbocycles. The molecule has 1 aromatic rings. The van der Waals surface area contributed by atoms with Crippen LogP contribution in [-0.2, 0) is 23.9 Å². The molecule has 0 aromatic heterocycles. The summed E-state index contributed by atoms with van der Waals surface area (Å²) < 4.78 is 9.80. The fraction of sp³-hybridized carbons (Fsp3) is 0.542. The van der Waals surface area contributed by atoms with Crippen LogP contribution in [0.3, 0.4) is 0 Å². The van der Waals surface area contributed by atoms with E-state index < -0.39 is 60.6 Å². The summed E-state index contributed by atoms with van der Waals surface area (Å²) >= 11 is 0. The number of rotatable bonds is 9. The first-order valence-corrected chi connectivity index (χ1v) is 11.0. The standard InChI is InChI=1S/C24H34N4O7/c1-14(2)18(27-23(33)35-24(4,5)6)22(32)28(12-11-25)19(21(31)26-13-17(29)34-7)16-10-8-9-15(3)20(16)30/h8-10,14,18-19,30H,12-13H2,1-7H3,(H,26,31)(H,27,33). The van der Waals surface area contributed by atoms with Gasteiger partial charge in [0.15, 0.2) is 0 Å². The number of phenols is 1. The molecule has 1 rings (SSSR count). The molecule has 11 nitrogen and oxygen atoms in total. The number of aryl methyl sites for hydroxylation is 1. The van der Waals surface area contributed by atoms with E-state index >= 15 is 0 Å². The third-order valence-electron chi connectivity index (χ3n) is 4.89. The molecular formula is C24H34N4O7. The van der Waals surface area contributed by atoms with E-state index in [1.54, 1.807) is 53.7 Å². The van der Waals surface area contributed by atoms with Gasteiger partial charge < -0.3 is 30.1 Å². The van der Waals surface area contributed by atoms with Crippen molar-refractivity contribution in [2.24, 2.45) is 5.92 Å². The molecule has 192 valence electrons. The third kappa shape index (κ3) is 8.48. The summed E-state index contributed by atoms with van der Waals surface area (Å²) in [6, 6.07) is 3.86. The number of nitrogens with zero attached hydrogens (tertiary/aromatic N) is 2. The molecule has 0 heterocycles. The summed E-state index contributed by atoms with van der Waals surface area (Å²) in [6.45, 7) is 8.95. The van der Waals surface area contributed by atoms with Crippen LogP contribution in [0.2, 0.25) is 0 Å². The number of hydrogen-bond acceptors (Lipinski definition) is 8. The number of nitriles is 1. The zero-order valence-corrected chi connectivity index (χ0v) is 21.2. The van der Waals surface area contributed by atoms with E-state index in [-0.39, 0.29) is 11.3 Å². The maximum absolute atomic E-state index is 13.6. The number of ether oxygens (including phenoxy) is 2. The van der Waals surface area contributed by atoms with E-state index in [1.807, 2.05) is 6.07 Å². The minimum atomic E-state index is -1.48. The number of esters is 1. The van der Waals surface area contributed by atoms with E-state index in [1.165, 1.54) is 6.07 Å². The maximum atomic E-state index is 13.6. The molecule has 0 aliphatic heterocycles. The molecule has 3 amide bonds. The van der Waals surface area contributed by atoms with Crippen molar-refractivity contribution in [3.63, 3.8) is 0 Å². The Hall–Kier alpha value is -3.81. The predicted molar refractivity (Wildman–Crippen MR) is 126 cm³/mol. The molecule has 2 atom stereocenters. The quantitative estimate of drug-likeness (QED) is 0.350. The summed E-state index contributed by atoms with van der Waals surface area (Å²) in [7, 11) is 1.15. The molecular weight excluding hydrogens is 456 g/mol. The average Bonchev–Trinajstić information content (AvgIpc) is 2.76. The molecule has 35 heavy (non-hydrogen) atoms. The predicted octanol–water partition coefficient (Wildman–Crippen LogP) is 1.93. The lowest BCUT2D eigenvalue weighted by molar-refractivity contribution is -0.144. The molecule has 0 aliphatic carbocycles. The summed E-state index contributed by atoms with van der Waals surface area (Å²) in [6.07, 6.45) is -0.841. The molecule has 0 saturated heterocycles. The second-order valence-electron chi connectivity index (χ2n) is 9.20. The number of amides is 3. The van der Waals surface area contributed by atoms with Gasteiger partial charge in [0.2, 0.25) is 11.8 Å². The molecule has 3 N–H and O–H groups in total. The number of methoxy groups -OCH3 is 1. The first-order valence-electron chi connectivity index (χ1n) is 11.0. The Bertz CT molecular complexity index is 979. The highest BCUT2D eigenvalue weighted by atomic mass is 16.6. The number of nitrogens with one attached hydrogen (secondary N) is 2. The fourth-order valence-corrected chi connectivity index (χ4v) is 3.18. The Balaban J connectivity index is 3.49. The average molecular weight is 491 g/mol. The van der Waals surface area contributed by atoms with Gasteiger partial charge in [0.25, 0.3) is 0 Å². The molecule has 0 fully saturated rings. The zero-order valence-electron chi connectivity index (χ0n) is 21.2. The highest BCUT2D eigenvalue weighted by Gasteiger charge is 2.38. The van der Waals surface area contributed by atoms with Gasteiger partial charge in [0.1, 0.15) is 36.5 Å². The Morgan fingerprint density at radius 1 is 1.20 bits per heavy atom. The van der Waals surface area contributed by atoms with Crippen molar-refractivity contribution in [2.75, 3.05) is 20.2 Å². The highest BCUT2D eigenvalue weighted by molar-refractivity contribution is 5.94. The third-order valence-corrected chi connectivity index (χ3v) is 4.89. The van der Waals surface area contributed by atoms with Crippen molar-refractivity contribution in [1.29, 1.82) is 5.26 Å². The number of carbonyl (C=O) groups is 4. The van der Waals surface area contributed by atoms with Crippen molar-refractivity contribution >= 4 is 23.9 Å². The first-order chi connectivity index (χ1) is 16.2. The molecule has 2 unspecified atom stereocenters. The van der Waals surface area contributed by atoms with Crippen molar-refractivity contribution in [2.45, 2.75) is 59.2 Å². The first kappa shape index (κ1) is 29.2. The Morgan fingerprint density at radius 3 is 2.34 bits per heavy atom. The number of alkyl carbamates (subject to hydrolysis) is 1. The van der Waals surface area contributed by atoms with Crippen LogP contribution in [0.4, 0.5) is 4.79 Å². The van der Waals surface area contributed by atoms with E-state index in [2.05, 4.69) is 15.4 Å². The smallest absolute Gasteiger partial charge is 0.408 e. The van der Waals surface area contributed by atoms with Crippen LogP contribution in [0, 0.1) is 24.2 Å². The van der Waals surface area contributed by atoms with E-state index in [0.717, 1.165) is 12.0 Å². The van der Waals surface area contributed by atoms with Gasteiger partial charge >= 0.3 is 12.1 Å². The lowest BCUT2D eigenvalue weighted by Gasteiger charge is -2.34. The number of phenolic OH excluding ortho intramolecular Hbond substituents is 1. The van der Waals surface area contributed by atoms with Gasteiger partial charge in [0, 0.05) is 5.56 Å². The van der Waals surface area contributed by atoms with Crippen molar-refractivity contribution in [1.82, 2.24) is 15.5 Å². The zero-order chi connectivity index (χ0) is 26.9. The number of aromatic hydroxyl groups is 1. The minimum absolute atomic E-state index is 0.0516. The topological polar surface area (TPSA) is 158 Å². The second-order valence-corrected chi connectivity index (χ2v) is 9.20. The Kier molecular flexibility index (Phi) is 10.5. The molecule has 0 saturated carbocycles. The van der Waals surface area contributed by atoms with Crippen LogP contribution in [-0.4, -0.2) is 65.7 Å². The van der Waals surface area contributed by atoms with Crippen LogP contribution in [0.1, 0.15) is 51.8 Å². The van der Waals surface area contributed by atoms with Crippen LogP contribution in [0.25, 0.3) is 0 Å². The SMILES string of the molecule is COC(=O)CNC(=O)C(c1cccc(C)c1O)N(CC#N)C(=O)C(NC(=O)OC(C)(C)C)C(C)C. The summed E-state index contributed by atoms with van der Waals surface area (Å²) in [5, 5.41) is 25.0. The summed E-state index contributed by atoms with van der Waals surface area (Å²) in [5.41, 5.74) is -0.328. The van der Waals surface area contributed by atoms with Gasteiger partial charge in [0.05, 0.1) is 13.2 Å². The van der Waals surface area contributed by atoms with Crippen LogP contribution in [0.15, 0.2) is 18.2 Å². The van der Waals surface area contributed by atoms with E-state index in [9.17, 15) is 29.5 Å². The molecule has 0 spiro atoms. The van der Waals surface area contributed by atoms with Gasteiger partial charge in [-0.2, -0.15) is 5.26 Å². The largest absolute Gasteiger partial charge is 0.507 e. The lowest BCUT2D eigenvalue weighted by Crippen LogP contribution is -2.55. The molecule has 0 bridgehead atoms. The summed E-state index contributed by atoms with van der Waals surface area (Å²) in [5.74, 6) is -2.98. The maximum Gasteiger partial charge on any atom is 0.408 e. The van der Waals surface area contributed by atoms with E-state index in [0.29, 0.717) is 5.56 Å². The normalized spacial score (nSPS) is 12.7. The van der Waals surface area contributed by atoms with E-state index in [4.69, 9.17) is 4.74 Å². The molecule has 11 heteroatoms. The lowest BCUT2D eigenvalue weighted by atomic mass is 9.97. The van der Waals surface area contributed by atoms with Crippen LogP contribution in [0.5, 0.6) is 5.75 Å². The van der Waals surface area contributed by atoms with Gasteiger partial charge in [-0.15, -0.1) is 0 Å². The number of benzene rings is 1. The monoisotopic (exact) mass is 490 g/mol. The fourth-order valence-electron chi connectivity index (χ4n) is 3.18. The van der Waals surface area contributed by atoms with Gasteiger partial charge in [-0.05, 0) is 39.2 Å². The van der Waals surface area contributed by atoms with Gasteiger partial charge in [-0.3, -0.25) is 14.4 Å². The second kappa shape index (κ2) is 12.6. The van der Waals surface area contributed by atoms with Crippen LogP contribution < -0.4 is 10.6 Å². The van der Waals surface area contributed by atoms with Gasteiger partial charge in [-0.1, -0.05) is 32.0 Å². The Morgan fingerprint density at radius 2 is 1.83 bits per heavy atom. The van der Waals surface area contributed by atoms with Crippen LogP contribution >= 0.6 is 0 Å². The minimum Gasteiger partial charge on any atom is -0.507 e. The van der Waals surface area contributed by atoms with Crippen molar-refractivity contribution < 1.29 is 33.8 Å². The Labute approximate surface area is 205 Å². The molecule has 0 radical (unpaired) electrons. The van der Waals surface area contributed by atoms with Crippen molar-refractivity contribution in [3.05, 3.63) is 29.3 Å². The van der Waals surface area contributed by atoms with Crippen molar-refractivity contribution in [3.8, 4) is 11.8 Å². The van der Waals surface area contributed by atoms with Gasteiger partial charge in [-0.25, -0.2) is 4.79 Å². The summed E-state index contributed by atoms with van der Waals surface area (Å²) in [4.78, 5) is 51.8. The number of hydrogen-bond donors (Lipinski definition) is 3. The number of para-hydroxylation sites is 1.